The predicted molar refractivity (Wildman–Crippen MR) is 93.7 cm³/mol. The fraction of sp³-hybridized carbons (Fsp3) is 0.471. The Bertz CT molecular complexity index is 700. The zero-order valence-electron chi connectivity index (χ0n) is 14.3. The van der Waals surface area contributed by atoms with Crippen molar-refractivity contribution in [1.82, 2.24) is 9.88 Å². The molecule has 9 heteroatoms. The summed E-state index contributed by atoms with van der Waals surface area (Å²) in [6.07, 6.45) is -3.50. The van der Waals surface area contributed by atoms with Crippen molar-refractivity contribution in [2.24, 2.45) is 0 Å². The Balaban J connectivity index is 1.73. The number of ether oxygens (including phenoxy) is 2. The van der Waals surface area contributed by atoms with E-state index in [0.29, 0.717) is 31.1 Å². The maximum Gasteiger partial charge on any atom is 0.427 e. The zero-order chi connectivity index (χ0) is 18.6. The molecule has 0 spiro atoms. The van der Waals surface area contributed by atoms with Crippen molar-refractivity contribution >= 4 is 16.5 Å². The van der Waals surface area contributed by atoms with E-state index < -0.39 is 11.1 Å². The van der Waals surface area contributed by atoms with Crippen molar-refractivity contribution in [3.63, 3.8) is 0 Å². The van der Waals surface area contributed by atoms with Crippen molar-refractivity contribution in [3.8, 4) is 5.75 Å². The summed E-state index contributed by atoms with van der Waals surface area (Å²) < 4.78 is 48.8. The lowest BCUT2D eigenvalue weighted by Crippen LogP contribution is -2.41. The molecule has 2 heterocycles. The van der Waals surface area contributed by atoms with Gasteiger partial charge in [-0.2, -0.15) is 13.2 Å². The largest absolute Gasteiger partial charge is 0.497 e. The fourth-order valence-electron chi connectivity index (χ4n) is 2.84. The van der Waals surface area contributed by atoms with E-state index in [4.69, 9.17) is 9.47 Å². The average molecular weight is 387 g/mol. The van der Waals surface area contributed by atoms with E-state index in [0.717, 1.165) is 30.6 Å². The molecule has 0 saturated carbocycles. The molecule has 0 aliphatic carbocycles. The van der Waals surface area contributed by atoms with Crippen LogP contribution in [-0.4, -0.2) is 49.8 Å². The molecule has 1 aromatic carbocycles. The Labute approximate surface area is 153 Å². The Hall–Kier alpha value is -1.84. The van der Waals surface area contributed by atoms with Crippen LogP contribution in [0.5, 0.6) is 5.75 Å². The molecule has 1 aliphatic rings. The van der Waals surface area contributed by atoms with E-state index in [2.05, 4.69) is 15.2 Å². The predicted octanol–water partition coefficient (Wildman–Crippen LogP) is 3.66. The SMILES string of the molecule is COc1ccc(C(CNc2ncc(C(F)(F)F)s2)N2CCOCC2)cc1. The van der Waals surface area contributed by atoms with Crippen LogP contribution < -0.4 is 10.1 Å². The topological polar surface area (TPSA) is 46.6 Å². The van der Waals surface area contributed by atoms with Gasteiger partial charge in [0.25, 0.3) is 0 Å². The standard InChI is InChI=1S/C17H20F3N3O2S/c1-24-13-4-2-12(3-5-13)14(23-6-8-25-9-7-23)10-21-16-22-11-15(26-16)17(18,19)20/h2-5,11,14H,6-10H2,1H3,(H,21,22). The summed E-state index contributed by atoms with van der Waals surface area (Å²) in [6, 6.07) is 7.72. The quantitative estimate of drug-likeness (QED) is 0.820. The van der Waals surface area contributed by atoms with Crippen LogP contribution in [0.1, 0.15) is 16.5 Å². The molecular weight excluding hydrogens is 367 g/mol. The summed E-state index contributed by atoms with van der Waals surface area (Å²) in [5.41, 5.74) is 1.06. The van der Waals surface area contributed by atoms with Crippen molar-refractivity contribution in [3.05, 3.63) is 40.9 Å². The van der Waals surface area contributed by atoms with Crippen LogP contribution in [0.15, 0.2) is 30.5 Å². The van der Waals surface area contributed by atoms with Crippen LogP contribution in [0, 0.1) is 0 Å². The summed E-state index contributed by atoms with van der Waals surface area (Å²) >= 11 is 0.619. The Kier molecular flexibility index (Phi) is 6.00. The van der Waals surface area contributed by atoms with E-state index in [1.54, 1.807) is 7.11 Å². The molecule has 0 amide bonds. The molecule has 3 rings (SSSR count). The summed E-state index contributed by atoms with van der Waals surface area (Å²) in [5, 5.41) is 3.32. The van der Waals surface area contributed by atoms with Gasteiger partial charge in [-0.15, -0.1) is 0 Å². The number of halogens is 3. The van der Waals surface area contributed by atoms with Gasteiger partial charge < -0.3 is 14.8 Å². The highest BCUT2D eigenvalue weighted by molar-refractivity contribution is 7.15. The Morgan fingerprint density at radius 3 is 2.54 bits per heavy atom. The number of nitrogens with zero attached hydrogens (tertiary/aromatic N) is 2. The van der Waals surface area contributed by atoms with E-state index in [-0.39, 0.29) is 11.2 Å². The lowest BCUT2D eigenvalue weighted by molar-refractivity contribution is -0.134. The van der Waals surface area contributed by atoms with Crippen molar-refractivity contribution in [2.75, 3.05) is 45.3 Å². The van der Waals surface area contributed by atoms with Gasteiger partial charge in [0.1, 0.15) is 10.6 Å². The average Bonchev–Trinajstić information content (AvgIpc) is 3.13. The highest BCUT2D eigenvalue weighted by atomic mass is 32.1. The first kappa shape index (κ1) is 18.9. The van der Waals surface area contributed by atoms with Crippen LogP contribution >= 0.6 is 11.3 Å². The van der Waals surface area contributed by atoms with Gasteiger partial charge in [-0.3, -0.25) is 4.90 Å². The number of benzene rings is 1. The number of hydrogen-bond donors (Lipinski definition) is 1. The lowest BCUT2D eigenvalue weighted by Gasteiger charge is -2.35. The number of alkyl halides is 3. The molecule has 142 valence electrons. The minimum atomic E-state index is -4.36. The third-order valence-electron chi connectivity index (χ3n) is 4.22. The second kappa shape index (κ2) is 8.24. The molecule has 5 nitrogen and oxygen atoms in total. The zero-order valence-corrected chi connectivity index (χ0v) is 15.1. The number of thiazole rings is 1. The maximum absolute atomic E-state index is 12.7. The van der Waals surface area contributed by atoms with Gasteiger partial charge in [-0.25, -0.2) is 4.98 Å². The van der Waals surface area contributed by atoms with Crippen molar-refractivity contribution in [1.29, 1.82) is 0 Å². The Morgan fingerprint density at radius 1 is 1.27 bits per heavy atom. The molecule has 26 heavy (non-hydrogen) atoms. The van der Waals surface area contributed by atoms with Crippen LogP contribution in [0.25, 0.3) is 0 Å². The second-order valence-electron chi connectivity index (χ2n) is 5.85. The molecule has 0 radical (unpaired) electrons. The highest BCUT2D eigenvalue weighted by Gasteiger charge is 2.33. The number of rotatable bonds is 6. The number of aromatic nitrogens is 1. The summed E-state index contributed by atoms with van der Waals surface area (Å²) in [4.78, 5) is 5.40. The molecule has 1 unspecified atom stereocenters. The molecule has 0 bridgehead atoms. The number of methoxy groups -OCH3 is 1. The summed E-state index contributed by atoms with van der Waals surface area (Å²) in [7, 11) is 1.61. The van der Waals surface area contributed by atoms with E-state index in [1.807, 2.05) is 24.3 Å². The first-order valence-electron chi connectivity index (χ1n) is 8.20. The van der Waals surface area contributed by atoms with Crippen molar-refractivity contribution in [2.45, 2.75) is 12.2 Å². The van der Waals surface area contributed by atoms with Gasteiger partial charge in [0.05, 0.1) is 32.6 Å². The van der Waals surface area contributed by atoms with Gasteiger partial charge in [0.2, 0.25) is 0 Å². The minimum absolute atomic E-state index is 0.00282. The van der Waals surface area contributed by atoms with Gasteiger partial charge in [0.15, 0.2) is 5.13 Å². The first-order valence-corrected chi connectivity index (χ1v) is 9.01. The lowest BCUT2D eigenvalue weighted by atomic mass is 10.0. The van der Waals surface area contributed by atoms with Crippen LogP contribution in [0.4, 0.5) is 18.3 Å². The summed E-state index contributed by atoms with van der Waals surface area (Å²) in [6.45, 7) is 3.27. The van der Waals surface area contributed by atoms with Gasteiger partial charge in [-0.1, -0.05) is 23.5 Å². The number of nitrogens with one attached hydrogen (secondary N) is 1. The first-order chi connectivity index (χ1) is 12.5. The monoisotopic (exact) mass is 387 g/mol. The molecule has 1 fully saturated rings. The third-order valence-corrected chi connectivity index (χ3v) is 5.22. The van der Waals surface area contributed by atoms with Crippen LogP contribution in [0.2, 0.25) is 0 Å². The summed E-state index contributed by atoms with van der Waals surface area (Å²) in [5.74, 6) is 0.761. The Morgan fingerprint density at radius 2 is 1.96 bits per heavy atom. The molecule has 1 atom stereocenters. The molecule has 1 aliphatic heterocycles. The number of anilines is 1. The number of morpholine rings is 1. The normalized spacial score (nSPS) is 17.1. The van der Waals surface area contributed by atoms with Crippen molar-refractivity contribution < 1.29 is 22.6 Å². The van der Waals surface area contributed by atoms with E-state index in [9.17, 15) is 13.2 Å². The van der Waals surface area contributed by atoms with E-state index >= 15 is 0 Å². The molecule has 2 aromatic rings. The van der Waals surface area contributed by atoms with E-state index in [1.165, 1.54) is 0 Å². The molecule has 1 N–H and O–H groups in total. The number of hydrogen-bond acceptors (Lipinski definition) is 6. The second-order valence-corrected chi connectivity index (χ2v) is 6.88. The highest BCUT2D eigenvalue weighted by Crippen LogP contribution is 2.35. The van der Waals surface area contributed by atoms with Crippen LogP contribution in [-0.2, 0) is 10.9 Å². The molecule has 1 aromatic heterocycles. The smallest absolute Gasteiger partial charge is 0.427 e. The van der Waals surface area contributed by atoms with Gasteiger partial charge >= 0.3 is 6.18 Å². The maximum atomic E-state index is 12.7. The third kappa shape index (κ3) is 4.66. The van der Waals surface area contributed by atoms with Gasteiger partial charge in [0, 0.05) is 19.6 Å². The minimum Gasteiger partial charge on any atom is -0.497 e. The van der Waals surface area contributed by atoms with Crippen LogP contribution in [0.3, 0.4) is 0 Å². The fourth-order valence-corrected chi connectivity index (χ4v) is 3.53. The molecule has 1 saturated heterocycles. The van der Waals surface area contributed by atoms with Gasteiger partial charge in [-0.05, 0) is 17.7 Å². The molecular formula is C17H20F3N3O2S.